The molecule has 0 saturated heterocycles. The second-order valence-corrected chi connectivity index (χ2v) is 5.03. The van der Waals surface area contributed by atoms with Gasteiger partial charge in [0, 0.05) is 25.0 Å². The number of nitrogens with one attached hydrogen (secondary N) is 1. The molecule has 0 aromatic carbocycles. The number of hydrogen-bond donors (Lipinski definition) is 1. The Morgan fingerprint density at radius 1 is 1.19 bits per heavy atom. The smallest absolute Gasteiger partial charge is 0.370 e. The normalized spacial score (nSPS) is 11.4. The quantitative estimate of drug-likeness (QED) is 0.855. The molecule has 2 heterocycles. The van der Waals surface area contributed by atoms with Gasteiger partial charge in [0.2, 0.25) is 5.82 Å². The summed E-state index contributed by atoms with van der Waals surface area (Å²) in [7, 11) is 0. The maximum absolute atomic E-state index is 12.8. The molecule has 0 unspecified atom stereocenters. The second-order valence-electron chi connectivity index (χ2n) is 3.99. The van der Waals surface area contributed by atoms with Crippen LogP contribution >= 0.6 is 11.8 Å². The van der Waals surface area contributed by atoms with Gasteiger partial charge in [0.05, 0.1) is 6.20 Å². The van der Waals surface area contributed by atoms with Crippen molar-refractivity contribution in [1.82, 2.24) is 19.9 Å². The van der Waals surface area contributed by atoms with Gasteiger partial charge in [0.25, 0.3) is 0 Å². The Kier molecular flexibility index (Phi) is 4.94. The van der Waals surface area contributed by atoms with Crippen LogP contribution in [-0.2, 0) is 6.18 Å². The van der Waals surface area contributed by atoms with E-state index in [1.54, 1.807) is 0 Å². The highest BCUT2D eigenvalue weighted by atomic mass is 32.2. The van der Waals surface area contributed by atoms with Crippen LogP contribution < -0.4 is 5.32 Å². The molecule has 21 heavy (non-hydrogen) atoms. The van der Waals surface area contributed by atoms with Gasteiger partial charge >= 0.3 is 6.18 Å². The Labute approximate surface area is 123 Å². The van der Waals surface area contributed by atoms with Crippen LogP contribution in [0.5, 0.6) is 0 Å². The summed E-state index contributed by atoms with van der Waals surface area (Å²) in [5, 5.41) is 3.46. The molecule has 2 aromatic heterocycles. The lowest BCUT2D eigenvalue weighted by atomic mass is 10.4. The molecule has 0 radical (unpaired) electrons. The van der Waals surface area contributed by atoms with E-state index < -0.39 is 12.0 Å². The molecule has 2 rings (SSSR count). The van der Waals surface area contributed by atoms with Gasteiger partial charge in [-0.3, -0.25) is 4.98 Å². The minimum absolute atomic E-state index is 0.144. The highest BCUT2D eigenvalue weighted by Gasteiger charge is 2.35. The van der Waals surface area contributed by atoms with E-state index in [0.717, 1.165) is 18.2 Å². The average molecular weight is 315 g/mol. The zero-order valence-corrected chi connectivity index (χ0v) is 11.9. The fraction of sp³-hybridized carbons (Fsp3) is 0.333. The molecule has 0 aliphatic heterocycles. The van der Waals surface area contributed by atoms with E-state index in [9.17, 15) is 13.2 Å². The van der Waals surface area contributed by atoms with Crippen molar-refractivity contribution in [1.29, 1.82) is 0 Å². The highest BCUT2D eigenvalue weighted by molar-refractivity contribution is 7.99. The monoisotopic (exact) mass is 315 g/mol. The van der Waals surface area contributed by atoms with Gasteiger partial charge in [-0.1, -0.05) is 6.92 Å². The molecular weight excluding hydrogens is 303 g/mol. The van der Waals surface area contributed by atoms with Crippen LogP contribution in [0.4, 0.5) is 19.0 Å². The molecule has 5 nitrogen and oxygen atoms in total. The lowest BCUT2D eigenvalue weighted by molar-refractivity contribution is -0.145. The van der Waals surface area contributed by atoms with Crippen LogP contribution in [0, 0.1) is 0 Å². The Balaban J connectivity index is 2.30. The van der Waals surface area contributed by atoms with Crippen molar-refractivity contribution in [2.45, 2.75) is 29.6 Å². The molecule has 0 amide bonds. The first-order valence-electron chi connectivity index (χ1n) is 6.13. The number of aromatic nitrogens is 4. The largest absolute Gasteiger partial charge is 0.451 e. The molecule has 0 spiro atoms. The molecule has 0 saturated carbocycles. The molecule has 0 fully saturated rings. The van der Waals surface area contributed by atoms with Crippen molar-refractivity contribution in [2.24, 2.45) is 0 Å². The topological polar surface area (TPSA) is 63.6 Å². The van der Waals surface area contributed by atoms with E-state index in [1.807, 2.05) is 6.92 Å². The van der Waals surface area contributed by atoms with Crippen molar-refractivity contribution in [3.63, 3.8) is 0 Å². The summed E-state index contributed by atoms with van der Waals surface area (Å²) >= 11 is 1.00. The summed E-state index contributed by atoms with van der Waals surface area (Å²) in [6.07, 6.45) is 0.586. The Hall–Kier alpha value is -1.90. The molecule has 112 valence electrons. The summed E-state index contributed by atoms with van der Waals surface area (Å²) in [5.41, 5.74) is 0. The molecule has 0 atom stereocenters. The van der Waals surface area contributed by atoms with E-state index in [-0.39, 0.29) is 10.8 Å². The summed E-state index contributed by atoms with van der Waals surface area (Å²) in [6, 6.07) is 1.46. The maximum atomic E-state index is 12.8. The van der Waals surface area contributed by atoms with Crippen LogP contribution in [0.25, 0.3) is 0 Å². The van der Waals surface area contributed by atoms with E-state index in [0.29, 0.717) is 11.6 Å². The van der Waals surface area contributed by atoms with Crippen LogP contribution in [0.15, 0.2) is 34.7 Å². The first kappa shape index (κ1) is 15.5. The minimum Gasteiger partial charge on any atom is -0.370 e. The number of anilines is 1. The van der Waals surface area contributed by atoms with Gasteiger partial charge in [-0.15, -0.1) is 0 Å². The van der Waals surface area contributed by atoms with Gasteiger partial charge in [-0.05, 0) is 18.2 Å². The predicted molar refractivity (Wildman–Crippen MR) is 72.0 cm³/mol. The lowest BCUT2D eigenvalue weighted by Gasteiger charge is -2.10. The summed E-state index contributed by atoms with van der Waals surface area (Å²) in [4.78, 5) is 14.9. The van der Waals surface area contributed by atoms with Gasteiger partial charge < -0.3 is 5.32 Å². The zero-order valence-electron chi connectivity index (χ0n) is 11.1. The number of rotatable bonds is 5. The second kappa shape index (κ2) is 6.70. The molecule has 9 heteroatoms. The zero-order chi connectivity index (χ0) is 15.3. The van der Waals surface area contributed by atoms with Gasteiger partial charge in [0.15, 0.2) is 0 Å². The van der Waals surface area contributed by atoms with Crippen LogP contribution in [0.2, 0.25) is 0 Å². The van der Waals surface area contributed by atoms with E-state index in [2.05, 4.69) is 25.3 Å². The molecule has 1 N–H and O–H groups in total. The fourth-order valence-corrected chi connectivity index (χ4v) is 2.14. The minimum atomic E-state index is -4.60. The molecule has 0 aliphatic rings. The first-order valence-corrected chi connectivity index (χ1v) is 6.94. The maximum Gasteiger partial charge on any atom is 0.451 e. The average Bonchev–Trinajstić information content (AvgIpc) is 2.45. The van der Waals surface area contributed by atoms with Crippen molar-refractivity contribution >= 4 is 17.6 Å². The fourth-order valence-electron chi connectivity index (χ4n) is 1.39. The third-order valence-electron chi connectivity index (χ3n) is 2.26. The SMILES string of the molecule is CCCNc1cc(Sc2cnccn2)nc(C(F)(F)F)n1. The third-order valence-corrected chi connectivity index (χ3v) is 3.10. The van der Waals surface area contributed by atoms with Crippen molar-refractivity contribution in [2.75, 3.05) is 11.9 Å². The Morgan fingerprint density at radius 2 is 2.00 bits per heavy atom. The number of hydrogen-bond acceptors (Lipinski definition) is 6. The summed E-state index contributed by atoms with van der Waals surface area (Å²) < 4.78 is 38.5. The lowest BCUT2D eigenvalue weighted by Crippen LogP contribution is -2.14. The van der Waals surface area contributed by atoms with Gasteiger partial charge in [-0.25, -0.2) is 15.0 Å². The molecule has 0 bridgehead atoms. The van der Waals surface area contributed by atoms with Crippen LogP contribution in [0.1, 0.15) is 19.2 Å². The molecule has 0 aliphatic carbocycles. The van der Waals surface area contributed by atoms with E-state index >= 15 is 0 Å². The van der Waals surface area contributed by atoms with Crippen LogP contribution in [0.3, 0.4) is 0 Å². The number of halogens is 3. The number of nitrogens with zero attached hydrogens (tertiary/aromatic N) is 4. The Morgan fingerprint density at radius 3 is 2.62 bits per heavy atom. The third kappa shape index (κ3) is 4.55. The van der Waals surface area contributed by atoms with E-state index in [4.69, 9.17) is 0 Å². The molecule has 2 aromatic rings. The summed E-state index contributed by atoms with van der Waals surface area (Å²) in [6.45, 7) is 2.44. The molecular formula is C12H12F3N5S. The first-order chi connectivity index (χ1) is 9.99. The van der Waals surface area contributed by atoms with E-state index in [1.165, 1.54) is 24.7 Å². The van der Waals surface area contributed by atoms with Crippen molar-refractivity contribution in [3.8, 4) is 0 Å². The van der Waals surface area contributed by atoms with Crippen molar-refractivity contribution < 1.29 is 13.2 Å². The Bertz CT molecular complexity index is 591. The summed E-state index contributed by atoms with van der Waals surface area (Å²) in [5.74, 6) is -1.03. The standard InChI is InChI=1S/C12H12F3N5S/c1-2-3-17-8-6-9(20-11(19-8)12(13,14)15)21-10-7-16-4-5-18-10/h4-7H,2-3H2,1H3,(H,17,19,20). The number of alkyl halides is 3. The van der Waals surface area contributed by atoms with Gasteiger partial charge in [-0.2, -0.15) is 13.2 Å². The van der Waals surface area contributed by atoms with Gasteiger partial charge in [0.1, 0.15) is 15.9 Å². The van der Waals surface area contributed by atoms with Crippen molar-refractivity contribution in [3.05, 3.63) is 30.5 Å². The van der Waals surface area contributed by atoms with Crippen LogP contribution in [-0.4, -0.2) is 26.5 Å². The highest BCUT2D eigenvalue weighted by Crippen LogP contribution is 2.31. The predicted octanol–water partition coefficient (Wildman–Crippen LogP) is 3.26.